The molecule has 11 heteroatoms. The van der Waals surface area contributed by atoms with E-state index in [1.165, 1.54) is 11.3 Å². The molecule has 0 radical (unpaired) electrons. The van der Waals surface area contributed by atoms with Gasteiger partial charge in [-0.15, -0.1) is 35.5 Å². The smallest absolute Gasteiger partial charge is 0.244 e. The molecule has 1 atom stereocenters. The van der Waals surface area contributed by atoms with Crippen molar-refractivity contribution in [1.82, 2.24) is 10.3 Å². The Morgan fingerprint density at radius 2 is 2.04 bits per heavy atom. The SMILES string of the molecule is CS(=O)(=O)Nc1ccc(-c2csc(NC(=O)C3CSCN3)n2)cc1.Cl. The van der Waals surface area contributed by atoms with E-state index < -0.39 is 10.0 Å². The van der Waals surface area contributed by atoms with Gasteiger partial charge in [-0.05, 0) is 12.1 Å². The normalized spacial score (nSPS) is 16.9. The predicted octanol–water partition coefficient (Wildman–Crippen LogP) is 2.20. The number of anilines is 2. The van der Waals surface area contributed by atoms with Crippen LogP contribution in [-0.4, -0.2) is 43.2 Å². The molecule has 25 heavy (non-hydrogen) atoms. The lowest BCUT2D eigenvalue weighted by molar-refractivity contribution is -0.117. The topological polar surface area (TPSA) is 100 Å². The molecule has 1 fully saturated rings. The maximum Gasteiger partial charge on any atom is 0.244 e. The summed E-state index contributed by atoms with van der Waals surface area (Å²) in [5, 5.41) is 8.33. The Morgan fingerprint density at radius 1 is 1.32 bits per heavy atom. The quantitative estimate of drug-likeness (QED) is 0.685. The lowest BCUT2D eigenvalue weighted by atomic mass is 10.1. The van der Waals surface area contributed by atoms with Crippen LogP contribution in [0.5, 0.6) is 0 Å². The molecule has 1 aliphatic rings. The highest BCUT2D eigenvalue weighted by atomic mass is 35.5. The number of hydrogen-bond acceptors (Lipinski definition) is 7. The van der Waals surface area contributed by atoms with E-state index in [-0.39, 0.29) is 24.4 Å². The van der Waals surface area contributed by atoms with Crippen LogP contribution in [0, 0.1) is 0 Å². The van der Waals surface area contributed by atoms with E-state index in [9.17, 15) is 13.2 Å². The van der Waals surface area contributed by atoms with Gasteiger partial charge in [-0.3, -0.25) is 14.8 Å². The summed E-state index contributed by atoms with van der Waals surface area (Å²) < 4.78 is 24.8. The van der Waals surface area contributed by atoms with Crippen molar-refractivity contribution in [3.8, 4) is 11.3 Å². The molecule has 0 saturated carbocycles. The van der Waals surface area contributed by atoms with Crippen molar-refractivity contribution in [2.75, 3.05) is 27.9 Å². The minimum Gasteiger partial charge on any atom is -0.301 e. The van der Waals surface area contributed by atoms with Crippen molar-refractivity contribution in [2.24, 2.45) is 0 Å². The molecule has 2 aromatic rings. The Morgan fingerprint density at radius 3 is 2.64 bits per heavy atom. The number of nitrogens with one attached hydrogen (secondary N) is 3. The van der Waals surface area contributed by atoms with Crippen LogP contribution in [0.25, 0.3) is 11.3 Å². The summed E-state index contributed by atoms with van der Waals surface area (Å²) in [5.41, 5.74) is 2.07. The van der Waals surface area contributed by atoms with Crippen LogP contribution in [0.15, 0.2) is 29.6 Å². The molecule has 0 bridgehead atoms. The molecule has 1 aliphatic heterocycles. The second kappa shape index (κ2) is 8.37. The molecule has 1 amide bonds. The number of carbonyl (C=O) groups is 1. The lowest BCUT2D eigenvalue weighted by Gasteiger charge is -2.07. The molecule has 1 saturated heterocycles. The van der Waals surface area contributed by atoms with Crippen molar-refractivity contribution < 1.29 is 13.2 Å². The van der Waals surface area contributed by atoms with Crippen LogP contribution in [0.2, 0.25) is 0 Å². The number of amides is 1. The van der Waals surface area contributed by atoms with Gasteiger partial charge in [0, 0.05) is 28.3 Å². The standard InChI is InChI=1S/C14H16N4O3S3.ClH/c1-24(20,21)18-10-4-2-9(3-5-10)11-7-23-14(16-11)17-13(19)12-6-22-8-15-12;/h2-5,7,12,15,18H,6,8H2,1H3,(H,16,17,19);1H. The highest BCUT2D eigenvalue weighted by Gasteiger charge is 2.23. The first-order chi connectivity index (χ1) is 11.4. The number of carbonyl (C=O) groups excluding carboxylic acids is 1. The van der Waals surface area contributed by atoms with E-state index in [0.717, 1.165) is 29.1 Å². The Bertz CT molecular complexity index is 833. The molecule has 7 nitrogen and oxygen atoms in total. The summed E-state index contributed by atoms with van der Waals surface area (Å²) >= 11 is 3.05. The number of hydrogen-bond donors (Lipinski definition) is 3. The summed E-state index contributed by atoms with van der Waals surface area (Å²) in [4.78, 5) is 16.5. The van der Waals surface area contributed by atoms with Crippen LogP contribution in [0.1, 0.15) is 0 Å². The second-order valence-corrected chi connectivity index (χ2v) is 8.89. The van der Waals surface area contributed by atoms with Crippen LogP contribution in [0.4, 0.5) is 10.8 Å². The minimum atomic E-state index is -3.29. The minimum absolute atomic E-state index is 0. The molecule has 3 N–H and O–H groups in total. The molecular formula is C14H17ClN4O3S3. The number of rotatable bonds is 5. The number of halogens is 1. The lowest BCUT2D eigenvalue weighted by Crippen LogP contribution is -2.37. The number of aromatic nitrogens is 1. The third-order valence-corrected chi connectivity index (χ3v) is 5.56. The highest BCUT2D eigenvalue weighted by molar-refractivity contribution is 7.99. The third-order valence-electron chi connectivity index (χ3n) is 3.25. The molecule has 1 aromatic heterocycles. The Labute approximate surface area is 160 Å². The first-order valence-corrected chi connectivity index (χ1v) is 11.0. The first kappa shape index (κ1) is 20.0. The zero-order chi connectivity index (χ0) is 17.2. The van der Waals surface area contributed by atoms with E-state index >= 15 is 0 Å². The Kier molecular flexibility index (Phi) is 6.69. The molecular weight excluding hydrogens is 404 g/mol. The van der Waals surface area contributed by atoms with Gasteiger partial charge in [0.1, 0.15) is 0 Å². The van der Waals surface area contributed by atoms with Crippen LogP contribution in [0.3, 0.4) is 0 Å². The van der Waals surface area contributed by atoms with Gasteiger partial charge < -0.3 is 5.32 Å². The van der Waals surface area contributed by atoms with Gasteiger partial charge >= 0.3 is 0 Å². The van der Waals surface area contributed by atoms with E-state index in [1.807, 2.05) is 5.38 Å². The number of nitrogens with zero attached hydrogens (tertiary/aromatic N) is 1. The Balaban J connectivity index is 0.00000225. The molecule has 136 valence electrons. The van der Waals surface area contributed by atoms with Gasteiger partial charge in [0.25, 0.3) is 0 Å². The molecule has 1 unspecified atom stereocenters. The fourth-order valence-corrected chi connectivity index (χ4v) is 4.37. The van der Waals surface area contributed by atoms with E-state index in [1.54, 1.807) is 36.0 Å². The van der Waals surface area contributed by atoms with Gasteiger partial charge in [0.05, 0.1) is 18.0 Å². The third kappa shape index (κ3) is 5.58. The first-order valence-electron chi connectivity index (χ1n) is 7.06. The Hall–Kier alpha value is -1.33. The number of thioether (sulfide) groups is 1. The fraction of sp³-hybridized carbons (Fsp3) is 0.286. The molecule has 2 heterocycles. The summed E-state index contributed by atoms with van der Waals surface area (Å²) in [7, 11) is -3.29. The maximum absolute atomic E-state index is 12.1. The van der Waals surface area contributed by atoms with Gasteiger partial charge in [-0.1, -0.05) is 12.1 Å². The fourth-order valence-electron chi connectivity index (χ4n) is 2.14. The van der Waals surface area contributed by atoms with Crippen LogP contribution >= 0.6 is 35.5 Å². The number of thiazole rings is 1. The van der Waals surface area contributed by atoms with E-state index in [2.05, 4.69) is 20.3 Å². The van der Waals surface area contributed by atoms with Gasteiger partial charge in [0.15, 0.2) is 5.13 Å². The molecule has 3 rings (SSSR count). The van der Waals surface area contributed by atoms with Gasteiger partial charge in [0.2, 0.25) is 15.9 Å². The average Bonchev–Trinajstić information content (AvgIpc) is 3.17. The number of benzene rings is 1. The zero-order valence-electron chi connectivity index (χ0n) is 13.2. The predicted molar refractivity (Wildman–Crippen MR) is 106 cm³/mol. The van der Waals surface area contributed by atoms with Crippen molar-refractivity contribution in [3.05, 3.63) is 29.6 Å². The molecule has 0 spiro atoms. The van der Waals surface area contributed by atoms with Crippen LogP contribution in [-0.2, 0) is 14.8 Å². The molecule has 0 aliphatic carbocycles. The summed E-state index contributed by atoms with van der Waals surface area (Å²) in [6.45, 7) is 0. The van der Waals surface area contributed by atoms with E-state index in [4.69, 9.17) is 0 Å². The average molecular weight is 421 g/mol. The zero-order valence-corrected chi connectivity index (χ0v) is 16.4. The summed E-state index contributed by atoms with van der Waals surface area (Å²) in [5.74, 6) is 1.47. The number of sulfonamides is 1. The monoisotopic (exact) mass is 420 g/mol. The van der Waals surface area contributed by atoms with Crippen molar-refractivity contribution in [2.45, 2.75) is 6.04 Å². The van der Waals surface area contributed by atoms with Gasteiger partial charge in [-0.25, -0.2) is 13.4 Å². The van der Waals surface area contributed by atoms with Crippen molar-refractivity contribution in [3.63, 3.8) is 0 Å². The largest absolute Gasteiger partial charge is 0.301 e. The van der Waals surface area contributed by atoms with Crippen molar-refractivity contribution in [1.29, 1.82) is 0 Å². The summed E-state index contributed by atoms with van der Waals surface area (Å²) in [6, 6.07) is 6.73. The van der Waals surface area contributed by atoms with Gasteiger partial charge in [-0.2, -0.15) is 0 Å². The highest BCUT2D eigenvalue weighted by Crippen LogP contribution is 2.26. The maximum atomic E-state index is 12.1. The second-order valence-electron chi connectivity index (χ2n) is 5.25. The summed E-state index contributed by atoms with van der Waals surface area (Å²) in [6.07, 6.45) is 1.11. The molecule has 1 aromatic carbocycles. The van der Waals surface area contributed by atoms with E-state index in [0.29, 0.717) is 10.8 Å². The van der Waals surface area contributed by atoms with Crippen molar-refractivity contribution >= 4 is 62.3 Å². The van der Waals surface area contributed by atoms with Crippen LogP contribution < -0.4 is 15.4 Å².